The van der Waals surface area contributed by atoms with Crippen LogP contribution in [0.3, 0.4) is 0 Å². The lowest BCUT2D eigenvalue weighted by atomic mass is 10.1. The second-order valence-electron chi connectivity index (χ2n) is 5.62. The minimum Gasteiger partial charge on any atom is -0.493 e. The zero-order chi connectivity index (χ0) is 18.5. The molecule has 2 aromatic carbocycles. The van der Waals surface area contributed by atoms with Crippen molar-refractivity contribution in [3.63, 3.8) is 0 Å². The number of benzene rings is 2. The number of ether oxygens (including phenoxy) is 2. The summed E-state index contributed by atoms with van der Waals surface area (Å²) in [5.74, 6) is 2.02. The van der Waals surface area contributed by atoms with E-state index in [0.29, 0.717) is 28.7 Å². The Labute approximate surface area is 157 Å². The summed E-state index contributed by atoms with van der Waals surface area (Å²) in [5.41, 5.74) is 2.95. The summed E-state index contributed by atoms with van der Waals surface area (Å²) in [7, 11) is 1.61. The van der Waals surface area contributed by atoms with Gasteiger partial charge in [0, 0.05) is 5.56 Å². The molecule has 26 heavy (non-hydrogen) atoms. The van der Waals surface area contributed by atoms with Gasteiger partial charge >= 0.3 is 0 Å². The molecule has 0 bridgehead atoms. The maximum Gasteiger partial charge on any atom is 0.216 e. The SMILES string of the molecule is CCOc1ccc(/C=N\n2c(-c3cccc(C)c3)n[nH]c2=S)cc1OC. The van der Waals surface area contributed by atoms with Crippen LogP contribution in [0.15, 0.2) is 47.6 Å². The Balaban J connectivity index is 1.95. The summed E-state index contributed by atoms with van der Waals surface area (Å²) in [6, 6.07) is 13.7. The van der Waals surface area contributed by atoms with Gasteiger partial charge in [-0.3, -0.25) is 0 Å². The second-order valence-corrected chi connectivity index (χ2v) is 6.01. The van der Waals surface area contributed by atoms with E-state index < -0.39 is 0 Å². The zero-order valence-electron chi connectivity index (χ0n) is 14.9. The molecule has 0 spiro atoms. The Hall–Kier alpha value is -2.93. The van der Waals surface area contributed by atoms with E-state index in [4.69, 9.17) is 21.7 Å². The van der Waals surface area contributed by atoms with E-state index in [9.17, 15) is 0 Å². The van der Waals surface area contributed by atoms with Gasteiger partial charge in [-0.25, -0.2) is 5.10 Å². The molecule has 0 aliphatic heterocycles. The number of aromatic nitrogens is 3. The quantitative estimate of drug-likeness (QED) is 0.523. The number of H-pyrrole nitrogens is 1. The first-order chi connectivity index (χ1) is 12.6. The normalized spacial score (nSPS) is 11.0. The summed E-state index contributed by atoms with van der Waals surface area (Å²) in [6.07, 6.45) is 1.71. The van der Waals surface area contributed by atoms with Gasteiger partial charge in [0.2, 0.25) is 4.77 Å². The molecular weight excluding hydrogens is 348 g/mol. The van der Waals surface area contributed by atoms with Gasteiger partial charge in [-0.05, 0) is 55.9 Å². The van der Waals surface area contributed by atoms with Crippen molar-refractivity contribution in [3.8, 4) is 22.9 Å². The summed E-state index contributed by atoms with van der Waals surface area (Å²) in [5, 5.41) is 11.6. The lowest BCUT2D eigenvalue weighted by Gasteiger charge is -2.09. The molecule has 1 N–H and O–H groups in total. The average Bonchev–Trinajstić information content (AvgIpc) is 3.01. The fourth-order valence-corrected chi connectivity index (χ4v) is 2.71. The van der Waals surface area contributed by atoms with Crippen molar-refractivity contribution >= 4 is 18.4 Å². The Bertz CT molecular complexity index is 991. The van der Waals surface area contributed by atoms with Crippen LogP contribution in [0.1, 0.15) is 18.1 Å². The monoisotopic (exact) mass is 368 g/mol. The standard InChI is InChI=1S/C19H20N4O2S/c1-4-25-16-9-8-14(11-17(16)24-3)12-20-23-18(21-22-19(23)26)15-7-5-6-13(2)10-15/h5-12H,4H2,1-3H3,(H,22,26)/b20-12-. The fourth-order valence-electron chi connectivity index (χ4n) is 2.53. The van der Waals surface area contributed by atoms with Crippen LogP contribution in [0.25, 0.3) is 11.4 Å². The van der Waals surface area contributed by atoms with E-state index >= 15 is 0 Å². The first kappa shape index (κ1) is 17.9. The fraction of sp³-hybridized carbons (Fsp3) is 0.211. The summed E-state index contributed by atoms with van der Waals surface area (Å²) in [6.45, 7) is 4.54. The maximum absolute atomic E-state index is 5.53. The summed E-state index contributed by atoms with van der Waals surface area (Å²) < 4.78 is 12.9. The second kappa shape index (κ2) is 7.97. The Kier molecular flexibility index (Phi) is 5.48. The molecule has 0 saturated heterocycles. The molecule has 0 aliphatic rings. The third kappa shape index (κ3) is 3.83. The number of aryl methyl sites for hydroxylation is 1. The van der Waals surface area contributed by atoms with Crippen LogP contribution in [0, 0.1) is 11.7 Å². The highest BCUT2D eigenvalue weighted by molar-refractivity contribution is 7.71. The van der Waals surface area contributed by atoms with Gasteiger partial charge in [0.05, 0.1) is 19.9 Å². The first-order valence-corrected chi connectivity index (χ1v) is 8.63. The van der Waals surface area contributed by atoms with Gasteiger partial charge in [0.15, 0.2) is 17.3 Å². The van der Waals surface area contributed by atoms with Crippen LogP contribution in [0.2, 0.25) is 0 Å². The molecule has 0 radical (unpaired) electrons. The van der Waals surface area contributed by atoms with E-state index in [1.807, 2.05) is 56.3 Å². The van der Waals surface area contributed by atoms with Gasteiger partial charge in [-0.15, -0.1) is 0 Å². The van der Waals surface area contributed by atoms with Crippen LogP contribution in [-0.2, 0) is 0 Å². The van der Waals surface area contributed by atoms with Crippen LogP contribution in [-0.4, -0.2) is 34.8 Å². The zero-order valence-corrected chi connectivity index (χ0v) is 15.7. The molecule has 134 valence electrons. The maximum atomic E-state index is 5.53. The lowest BCUT2D eigenvalue weighted by Crippen LogP contribution is -1.98. The number of nitrogens with zero attached hydrogens (tertiary/aromatic N) is 3. The summed E-state index contributed by atoms with van der Waals surface area (Å²) in [4.78, 5) is 0. The molecule has 0 atom stereocenters. The highest BCUT2D eigenvalue weighted by Crippen LogP contribution is 2.27. The molecule has 0 amide bonds. The van der Waals surface area contributed by atoms with Crippen molar-refractivity contribution in [3.05, 3.63) is 58.4 Å². The van der Waals surface area contributed by atoms with Crippen LogP contribution in [0.4, 0.5) is 0 Å². The number of aromatic amines is 1. The molecule has 3 rings (SSSR count). The Morgan fingerprint density at radius 3 is 2.81 bits per heavy atom. The van der Waals surface area contributed by atoms with Crippen molar-refractivity contribution in [2.75, 3.05) is 13.7 Å². The molecule has 0 saturated carbocycles. The van der Waals surface area contributed by atoms with E-state index in [1.165, 1.54) is 0 Å². The van der Waals surface area contributed by atoms with Crippen LogP contribution >= 0.6 is 12.2 Å². The molecule has 0 aliphatic carbocycles. The third-order valence-corrected chi connectivity index (χ3v) is 4.00. The Morgan fingerprint density at radius 1 is 1.23 bits per heavy atom. The third-order valence-electron chi connectivity index (χ3n) is 3.74. The van der Waals surface area contributed by atoms with Gasteiger partial charge in [-0.1, -0.05) is 23.8 Å². The van der Waals surface area contributed by atoms with Crippen molar-refractivity contribution in [1.82, 2.24) is 14.9 Å². The predicted octanol–water partition coefficient (Wildman–Crippen LogP) is 4.21. The molecule has 3 aromatic rings. The molecule has 6 nitrogen and oxygen atoms in total. The minimum absolute atomic E-state index is 0.427. The van der Waals surface area contributed by atoms with E-state index in [2.05, 4.69) is 15.3 Å². The van der Waals surface area contributed by atoms with Gasteiger partial charge in [0.1, 0.15) is 0 Å². The van der Waals surface area contributed by atoms with E-state index in [1.54, 1.807) is 18.0 Å². The molecule has 1 heterocycles. The van der Waals surface area contributed by atoms with Crippen molar-refractivity contribution in [1.29, 1.82) is 0 Å². The highest BCUT2D eigenvalue weighted by atomic mass is 32.1. The number of rotatable bonds is 6. The number of methoxy groups -OCH3 is 1. The molecule has 7 heteroatoms. The van der Waals surface area contributed by atoms with Crippen molar-refractivity contribution in [2.45, 2.75) is 13.8 Å². The largest absolute Gasteiger partial charge is 0.493 e. The van der Waals surface area contributed by atoms with E-state index in [-0.39, 0.29) is 0 Å². The number of nitrogens with one attached hydrogen (secondary N) is 1. The highest BCUT2D eigenvalue weighted by Gasteiger charge is 2.09. The topological polar surface area (TPSA) is 64.4 Å². The average molecular weight is 368 g/mol. The van der Waals surface area contributed by atoms with Crippen molar-refractivity contribution < 1.29 is 9.47 Å². The smallest absolute Gasteiger partial charge is 0.216 e. The van der Waals surface area contributed by atoms with Crippen molar-refractivity contribution in [2.24, 2.45) is 5.10 Å². The van der Waals surface area contributed by atoms with E-state index in [0.717, 1.165) is 16.7 Å². The van der Waals surface area contributed by atoms with Gasteiger partial charge in [0.25, 0.3) is 0 Å². The van der Waals surface area contributed by atoms with Crippen LogP contribution < -0.4 is 9.47 Å². The lowest BCUT2D eigenvalue weighted by molar-refractivity contribution is 0.311. The molecule has 0 fully saturated rings. The van der Waals surface area contributed by atoms with Gasteiger partial charge < -0.3 is 9.47 Å². The van der Waals surface area contributed by atoms with Crippen LogP contribution in [0.5, 0.6) is 11.5 Å². The Morgan fingerprint density at radius 2 is 2.08 bits per heavy atom. The molecule has 1 aromatic heterocycles. The first-order valence-electron chi connectivity index (χ1n) is 8.22. The molecular formula is C19H20N4O2S. The predicted molar refractivity (Wildman–Crippen MR) is 105 cm³/mol. The van der Waals surface area contributed by atoms with Gasteiger partial charge in [-0.2, -0.15) is 14.9 Å². The minimum atomic E-state index is 0.427. The summed E-state index contributed by atoms with van der Waals surface area (Å²) >= 11 is 5.31. The molecule has 0 unspecified atom stereocenters. The number of hydrogen-bond acceptors (Lipinski definition) is 5. The number of hydrogen-bond donors (Lipinski definition) is 1.